The number of nitrogen functional groups attached to an aromatic ring is 1. The zero-order chi connectivity index (χ0) is 26.0. The molecule has 0 bridgehead atoms. The summed E-state index contributed by atoms with van der Waals surface area (Å²) in [6, 6.07) is 5.69. The van der Waals surface area contributed by atoms with Crippen LogP contribution in [0.1, 0.15) is 39.2 Å². The van der Waals surface area contributed by atoms with Crippen LogP contribution >= 0.6 is 35.6 Å². The first-order valence-electron chi connectivity index (χ1n) is 11.4. The molecule has 0 saturated heterocycles. The quantitative estimate of drug-likeness (QED) is 0.256. The number of hydrogen-bond donors (Lipinski definition) is 1. The molecule has 1 unspecified atom stereocenters. The van der Waals surface area contributed by atoms with Crippen molar-refractivity contribution in [3.63, 3.8) is 0 Å². The number of benzene rings is 1. The third kappa shape index (κ3) is 9.39. The number of methoxy groups -OCH3 is 1. The lowest BCUT2D eigenvalue weighted by Gasteiger charge is -2.34. The van der Waals surface area contributed by atoms with Gasteiger partial charge in [-0.05, 0) is 68.9 Å². The van der Waals surface area contributed by atoms with E-state index in [2.05, 4.69) is 29.2 Å². The molecular formula is C27H35ClN2O3S2. The molecule has 1 atom stereocenters. The number of rotatable bonds is 6. The molecule has 8 heteroatoms. The van der Waals surface area contributed by atoms with Crippen molar-refractivity contribution in [1.29, 1.82) is 0 Å². The summed E-state index contributed by atoms with van der Waals surface area (Å²) in [5, 5.41) is 0.695. The second kappa shape index (κ2) is 13.8. The summed E-state index contributed by atoms with van der Waals surface area (Å²) < 4.78 is 10.4. The molecule has 0 spiro atoms. The first kappa shape index (κ1) is 29.0. The molecule has 0 saturated carbocycles. The van der Waals surface area contributed by atoms with Crippen LogP contribution in [0.3, 0.4) is 0 Å². The highest BCUT2D eigenvalue weighted by Gasteiger charge is 2.24. The van der Waals surface area contributed by atoms with E-state index in [4.69, 9.17) is 39.0 Å². The molecule has 35 heavy (non-hydrogen) atoms. The Hall–Kier alpha value is -2.22. The molecule has 1 aromatic rings. The molecule has 0 aromatic heterocycles. The van der Waals surface area contributed by atoms with Crippen molar-refractivity contribution in [3.8, 4) is 0 Å². The molecule has 1 aliphatic heterocycles. The summed E-state index contributed by atoms with van der Waals surface area (Å²) >= 11 is 12.9. The SMILES string of the molecule is COC1=CC=C(C2C=C(c3cc(Cl)ccc3N)CCN2C=S)C=CC1.CSCC(=O)OC(C)(C)C. The lowest BCUT2D eigenvalue weighted by molar-refractivity contribution is -0.151. The van der Waals surface area contributed by atoms with E-state index in [9.17, 15) is 4.79 Å². The number of hydrogen-bond acceptors (Lipinski definition) is 6. The van der Waals surface area contributed by atoms with E-state index < -0.39 is 0 Å². The summed E-state index contributed by atoms with van der Waals surface area (Å²) in [5.41, 5.74) is 11.7. The molecule has 190 valence electrons. The smallest absolute Gasteiger partial charge is 0.316 e. The van der Waals surface area contributed by atoms with Gasteiger partial charge < -0.3 is 20.1 Å². The molecule has 3 rings (SSSR count). The number of esters is 1. The van der Waals surface area contributed by atoms with Gasteiger partial charge >= 0.3 is 5.97 Å². The van der Waals surface area contributed by atoms with E-state index in [1.54, 1.807) is 12.6 Å². The number of thioether (sulfide) groups is 1. The van der Waals surface area contributed by atoms with Crippen molar-refractivity contribution < 1.29 is 14.3 Å². The van der Waals surface area contributed by atoms with Gasteiger partial charge in [0.2, 0.25) is 0 Å². The van der Waals surface area contributed by atoms with Crippen LogP contribution in [0.25, 0.3) is 5.57 Å². The highest BCUT2D eigenvalue weighted by Crippen LogP contribution is 2.33. The van der Waals surface area contributed by atoms with Crippen LogP contribution < -0.4 is 5.73 Å². The molecule has 2 N–H and O–H groups in total. The van der Waals surface area contributed by atoms with Gasteiger partial charge in [0.05, 0.1) is 30.2 Å². The number of anilines is 1. The summed E-state index contributed by atoms with van der Waals surface area (Å²) in [6.45, 7) is 6.44. The Morgan fingerprint density at radius 2 is 2.09 bits per heavy atom. The van der Waals surface area contributed by atoms with Gasteiger partial charge in [-0.25, -0.2) is 0 Å². The zero-order valence-electron chi connectivity index (χ0n) is 21.0. The highest BCUT2D eigenvalue weighted by molar-refractivity contribution is 7.99. The van der Waals surface area contributed by atoms with E-state index in [-0.39, 0.29) is 17.6 Å². The van der Waals surface area contributed by atoms with Crippen LogP contribution in [0.2, 0.25) is 5.02 Å². The van der Waals surface area contributed by atoms with E-state index in [1.165, 1.54) is 22.9 Å². The maximum atomic E-state index is 10.8. The number of thiocarbonyl (C=S) groups is 1. The Balaban J connectivity index is 0.000000367. The summed E-state index contributed by atoms with van der Waals surface area (Å²) in [6.07, 6.45) is 14.2. The van der Waals surface area contributed by atoms with E-state index >= 15 is 0 Å². The van der Waals surface area contributed by atoms with Crippen molar-refractivity contribution >= 4 is 58.3 Å². The summed E-state index contributed by atoms with van der Waals surface area (Å²) in [4.78, 5) is 13.0. The molecule has 0 amide bonds. The van der Waals surface area contributed by atoms with E-state index in [0.717, 1.165) is 36.4 Å². The molecule has 5 nitrogen and oxygen atoms in total. The van der Waals surface area contributed by atoms with Crippen molar-refractivity contribution in [2.24, 2.45) is 0 Å². The number of ether oxygens (including phenoxy) is 2. The first-order chi connectivity index (χ1) is 16.6. The van der Waals surface area contributed by atoms with Gasteiger partial charge in [-0.3, -0.25) is 4.79 Å². The molecular weight excluding hydrogens is 500 g/mol. The highest BCUT2D eigenvalue weighted by atomic mass is 35.5. The Labute approximate surface area is 224 Å². The van der Waals surface area contributed by atoms with Crippen LogP contribution in [0.4, 0.5) is 5.69 Å². The number of allylic oxidation sites excluding steroid dienone is 3. The lowest BCUT2D eigenvalue weighted by atomic mass is 9.91. The number of carbonyl (C=O) groups is 1. The average molecular weight is 535 g/mol. The maximum absolute atomic E-state index is 10.8. The minimum Gasteiger partial charge on any atom is -0.501 e. The predicted octanol–water partition coefficient (Wildman–Crippen LogP) is 6.44. The number of nitrogens with two attached hydrogens (primary N) is 1. The molecule has 0 radical (unpaired) electrons. The summed E-state index contributed by atoms with van der Waals surface area (Å²) in [5.74, 6) is 1.25. The van der Waals surface area contributed by atoms with Crippen molar-refractivity contribution in [3.05, 3.63) is 70.5 Å². The summed E-state index contributed by atoms with van der Waals surface area (Å²) in [7, 11) is 1.70. The third-order valence-electron chi connectivity index (χ3n) is 5.23. The fourth-order valence-electron chi connectivity index (χ4n) is 3.66. The lowest BCUT2D eigenvalue weighted by Crippen LogP contribution is -2.37. The van der Waals surface area contributed by atoms with Crippen LogP contribution in [0.5, 0.6) is 0 Å². The normalized spacial score (nSPS) is 17.7. The van der Waals surface area contributed by atoms with Gasteiger partial charge in [0.25, 0.3) is 0 Å². The minimum atomic E-state index is -0.340. The topological polar surface area (TPSA) is 64.8 Å². The van der Waals surface area contributed by atoms with E-state index in [0.29, 0.717) is 10.8 Å². The Morgan fingerprint density at radius 3 is 2.71 bits per heavy atom. The Bertz CT molecular complexity index is 1030. The number of halogens is 1. The van der Waals surface area contributed by atoms with Gasteiger partial charge in [-0.2, -0.15) is 11.8 Å². The molecule has 2 aliphatic rings. The van der Waals surface area contributed by atoms with E-state index in [1.807, 2.05) is 51.3 Å². The predicted molar refractivity (Wildman–Crippen MR) is 154 cm³/mol. The minimum absolute atomic E-state index is 0.0725. The van der Waals surface area contributed by atoms with Crippen LogP contribution in [-0.2, 0) is 14.3 Å². The van der Waals surface area contributed by atoms with Crippen LogP contribution in [0, 0.1) is 0 Å². The maximum Gasteiger partial charge on any atom is 0.316 e. The number of carbonyl (C=O) groups excluding carboxylic acids is 1. The van der Waals surface area contributed by atoms with Gasteiger partial charge in [0.15, 0.2) is 0 Å². The number of nitrogens with zero attached hydrogens (tertiary/aromatic N) is 1. The second-order valence-electron chi connectivity index (χ2n) is 9.09. The van der Waals surface area contributed by atoms with Gasteiger partial charge in [0.1, 0.15) is 5.60 Å². The average Bonchev–Trinajstić information content (AvgIpc) is 3.05. The zero-order valence-corrected chi connectivity index (χ0v) is 23.4. The van der Waals surface area contributed by atoms with Gasteiger partial charge in [-0.15, -0.1) is 0 Å². The molecule has 0 fully saturated rings. The molecule has 1 aromatic carbocycles. The van der Waals surface area contributed by atoms with Gasteiger partial charge in [0, 0.05) is 29.2 Å². The fraction of sp³-hybridized carbons (Fsp3) is 0.407. The third-order valence-corrected chi connectivity index (χ3v) is 6.26. The van der Waals surface area contributed by atoms with Crippen molar-refractivity contribution in [2.45, 2.75) is 45.3 Å². The molecule has 1 aliphatic carbocycles. The van der Waals surface area contributed by atoms with Crippen molar-refractivity contribution in [1.82, 2.24) is 4.90 Å². The van der Waals surface area contributed by atoms with Crippen molar-refractivity contribution in [2.75, 3.05) is 31.4 Å². The van der Waals surface area contributed by atoms with Gasteiger partial charge in [-0.1, -0.05) is 48.1 Å². The first-order valence-corrected chi connectivity index (χ1v) is 13.6. The van der Waals surface area contributed by atoms with Crippen LogP contribution in [0.15, 0.2) is 59.9 Å². The Kier molecular flexibility index (Phi) is 11.4. The second-order valence-corrected chi connectivity index (χ2v) is 10.6. The standard InChI is InChI=1S/C20H21ClN2OS.C7H14O2S/c1-24-17-4-2-3-14(5-7-17)20-11-15(9-10-23(20)13-25)18-12-16(21)6-8-19(18)22;1-7(2,3)9-6(8)5-10-4/h2-3,5-8,11-13,20H,4,9-10,22H2,1H3;5H2,1-4H3. The Morgan fingerprint density at radius 1 is 1.34 bits per heavy atom. The molecule has 1 heterocycles. The monoisotopic (exact) mass is 534 g/mol. The largest absolute Gasteiger partial charge is 0.501 e. The van der Waals surface area contributed by atoms with Crippen LogP contribution in [-0.4, -0.2) is 53.7 Å². The fourth-order valence-corrected chi connectivity index (χ4v) is 4.36.